The van der Waals surface area contributed by atoms with Crippen LogP contribution in [0.4, 0.5) is 0 Å². The lowest BCUT2D eigenvalue weighted by molar-refractivity contribution is -0.140. The first kappa shape index (κ1) is 16.1. The van der Waals surface area contributed by atoms with Gasteiger partial charge in [0, 0.05) is 31.7 Å². The van der Waals surface area contributed by atoms with Crippen molar-refractivity contribution in [3.8, 4) is 0 Å². The minimum atomic E-state index is 0.144. The quantitative estimate of drug-likeness (QED) is 0.849. The third kappa shape index (κ3) is 2.98. The first-order valence-corrected chi connectivity index (χ1v) is 9.58. The summed E-state index contributed by atoms with van der Waals surface area (Å²) in [7, 11) is 0. The highest BCUT2D eigenvalue weighted by atomic mass is 16.2. The molecule has 4 heteroatoms. The predicted molar refractivity (Wildman–Crippen MR) is 95.6 cm³/mol. The van der Waals surface area contributed by atoms with Crippen molar-refractivity contribution in [3.05, 3.63) is 35.9 Å². The molecule has 2 bridgehead atoms. The number of carbonyl (C=O) groups is 1. The van der Waals surface area contributed by atoms with Crippen LogP contribution in [0.5, 0.6) is 0 Å². The van der Waals surface area contributed by atoms with Gasteiger partial charge in [0.25, 0.3) is 0 Å². The number of piperazine rings is 1. The summed E-state index contributed by atoms with van der Waals surface area (Å²) < 4.78 is 0. The Morgan fingerprint density at radius 2 is 1.92 bits per heavy atom. The average Bonchev–Trinajstić information content (AvgIpc) is 3.22. The highest BCUT2D eigenvalue weighted by Crippen LogP contribution is 2.33. The SMILES string of the molecule is CCN1CCCC[C@H]1C(=O)N1C[C@@H]2C[C@H]1CN2Cc1ccccc1. The van der Waals surface area contributed by atoms with Gasteiger partial charge in [0.2, 0.25) is 5.91 Å². The first-order valence-electron chi connectivity index (χ1n) is 9.58. The summed E-state index contributed by atoms with van der Waals surface area (Å²) in [6, 6.07) is 11.8. The smallest absolute Gasteiger partial charge is 0.240 e. The third-order valence-corrected chi connectivity index (χ3v) is 6.17. The number of piperidine rings is 1. The van der Waals surface area contributed by atoms with Gasteiger partial charge >= 0.3 is 0 Å². The Labute approximate surface area is 145 Å². The predicted octanol–water partition coefficient (Wildman–Crippen LogP) is 2.35. The zero-order valence-electron chi connectivity index (χ0n) is 14.7. The molecular formula is C20H29N3O. The van der Waals surface area contributed by atoms with Gasteiger partial charge in [-0.2, -0.15) is 0 Å². The molecule has 0 spiro atoms. The van der Waals surface area contributed by atoms with Gasteiger partial charge in [-0.25, -0.2) is 0 Å². The van der Waals surface area contributed by atoms with Gasteiger partial charge in [-0.1, -0.05) is 43.7 Å². The van der Waals surface area contributed by atoms with Gasteiger partial charge in [-0.05, 0) is 37.9 Å². The molecule has 3 saturated heterocycles. The van der Waals surface area contributed by atoms with Crippen LogP contribution < -0.4 is 0 Å². The van der Waals surface area contributed by atoms with E-state index in [4.69, 9.17) is 0 Å². The highest BCUT2D eigenvalue weighted by Gasteiger charge is 2.47. The Hall–Kier alpha value is -1.39. The zero-order valence-corrected chi connectivity index (χ0v) is 14.7. The standard InChI is InChI=1S/C20H29N3O/c1-2-21-11-7-6-10-19(21)20(24)23-15-17-12-18(23)14-22(17)13-16-8-4-3-5-9-16/h3-5,8-9,17-19H,2,6-7,10-15H2,1H3/t17-,18-,19-/m0/s1. The van der Waals surface area contributed by atoms with Crippen molar-refractivity contribution in [2.24, 2.45) is 0 Å². The number of nitrogens with zero attached hydrogens (tertiary/aromatic N) is 3. The summed E-state index contributed by atoms with van der Waals surface area (Å²) in [6.07, 6.45) is 4.66. The Kier molecular flexibility index (Phi) is 4.59. The van der Waals surface area contributed by atoms with Crippen LogP contribution in [0, 0.1) is 0 Å². The van der Waals surface area contributed by atoms with Crippen molar-refractivity contribution in [1.29, 1.82) is 0 Å². The lowest BCUT2D eigenvalue weighted by Crippen LogP contribution is -2.56. The molecule has 0 aliphatic carbocycles. The van der Waals surface area contributed by atoms with Crippen LogP contribution in [-0.2, 0) is 11.3 Å². The van der Waals surface area contributed by atoms with Crippen molar-refractivity contribution >= 4 is 5.91 Å². The molecule has 3 fully saturated rings. The van der Waals surface area contributed by atoms with Crippen LogP contribution in [0.25, 0.3) is 0 Å². The molecule has 0 saturated carbocycles. The topological polar surface area (TPSA) is 26.8 Å². The van der Waals surface area contributed by atoms with E-state index in [1.165, 1.54) is 18.4 Å². The second kappa shape index (κ2) is 6.85. The molecule has 0 aromatic heterocycles. The Balaban J connectivity index is 1.38. The van der Waals surface area contributed by atoms with Gasteiger partial charge in [0.05, 0.1) is 6.04 Å². The molecule has 24 heavy (non-hydrogen) atoms. The van der Waals surface area contributed by atoms with E-state index in [9.17, 15) is 4.79 Å². The lowest BCUT2D eigenvalue weighted by Gasteiger charge is -2.40. The molecule has 1 aromatic carbocycles. The van der Waals surface area contributed by atoms with Crippen LogP contribution >= 0.6 is 0 Å². The molecule has 4 rings (SSSR count). The molecule has 3 aliphatic heterocycles. The Morgan fingerprint density at radius 3 is 2.62 bits per heavy atom. The Bertz CT molecular complexity index is 576. The van der Waals surface area contributed by atoms with E-state index < -0.39 is 0 Å². The maximum Gasteiger partial charge on any atom is 0.240 e. The van der Waals surface area contributed by atoms with E-state index in [0.29, 0.717) is 18.0 Å². The second-order valence-corrected chi connectivity index (χ2v) is 7.59. The molecular weight excluding hydrogens is 298 g/mol. The molecule has 130 valence electrons. The maximum atomic E-state index is 13.1. The van der Waals surface area contributed by atoms with Crippen molar-refractivity contribution in [2.75, 3.05) is 26.2 Å². The number of rotatable bonds is 4. The van der Waals surface area contributed by atoms with E-state index in [0.717, 1.165) is 45.6 Å². The molecule has 3 aliphatic rings. The van der Waals surface area contributed by atoms with Crippen LogP contribution in [0.2, 0.25) is 0 Å². The zero-order chi connectivity index (χ0) is 16.5. The number of likely N-dealkylation sites (tertiary alicyclic amines) is 3. The van der Waals surface area contributed by atoms with Crippen LogP contribution in [0.1, 0.15) is 38.2 Å². The van der Waals surface area contributed by atoms with E-state index in [2.05, 4.69) is 52.0 Å². The van der Waals surface area contributed by atoms with Gasteiger partial charge < -0.3 is 4.90 Å². The number of likely N-dealkylation sites (N-methyl/N-ethyl adjacent to an activating group) is 1. The molecule has 0 radical (unpaired) electrons. The molecule has 0 unspecified atom stereocenters. The molecule has 1 amide bonds. The summed E-state index contributed by atoms with van der Waals surface area (Å²) in [5.74, 6) is 0.406. The van der Waals surface area contributed by atoms with Crippen molar-refractivity contribution in [3.63, 3.8) is 0 Å². The van der Waals surface area contributed by atoms with E-state index in [1.54, 1.807) is 0 Å². The number of fused-ring (bicyclic) bond motifs is 2. The van der Waals surface area contributed by atoms with Crippen LogP contribution in [-0.4, -0.2) is 64.9 Å². The highest BCUT2D eigenvalue weighted by molar-refractivity contribution is 5.83. The minimum Gasteiger partial charge on any atom is -0.335 e. The summed E-state index contributed by atoms with van der Waals surface area (Å²) in [5, 5.41) is 0. The van der Waals surface area contributed by atoms with Crippen molar-refractivity contribution < 1.29 is 4.79 Å². The fourth-order valence-corrected chi connectivity index (χ4v) is 4.87. The molecule has 0 N–H and O–H groups in total. The summed E-state index contributed by atoms with van der Waals surface area (Å²) >= 11 is 0. The van der Waals surface area contributed by atoms with Gasteiger partial charge in [0.1, 0.15) is 0 Å². The normalized spacial score (nSPS) is 30.9. The molecule has 3 heterocycles. The summed E-state index contributed by atoms with van der Waals surface area (Å²) in [6.45, 7) is 7.28. The fraction of sp³-hybridized carbons (Fsp3) is 0.650. The fourth-order valence-electron chi connectivity index (χ4n) is 4.87. The average molecular weight is 327 g/mol. The van der Waals surface area contributed by atoms with Crippen molar-refractivity contribution in [2.45, 2.75) is 57.3 Å². The van der Waals surface area contributed by atoms with Gasteiger partial charge in [-0.3, -0.25) is 14.6 Å². The molecule has 1 aromatic rings. The van der Waals surface area contributed by atoms with Crippen molar-refractivity contribution in [1.82, 2.24) is 14.7 Å². The van der Waals surface area contributed by atoms with E-state index >= 15 is 0 Å². The summed E-state index contributed by atoms with van der Waals surface area (Å²) in [4.78, 5) is 20.3. The number of benzene rings is 1. The van der Waals surface area contributed by atoms with Crippen LogP contribution in [0.15, 0.2) is 30.3 Å². The van der Waals surface area contributed by atoms with E-state index in [1.807, 2.05) is 0 Å². The lowest BCUT2D eigenvalue weighted by atomic mass is 10.0. The van der Waals surface area contributed by atoms with Gasteiger partial charge in [0.15, 0.2) is 0 Å². The molecule has 3 atom stereocenters. The largest absolute Gasteiger partial charge is 0.335 e. The third-order valence-electron chi connectivity index (χ3n) is 6.17. The number of amides is 1. The number of carbonyl (C=O) groups excluding carboxylic acids is 1. The number of hydrogen-bond acceptors (Lipinski definition) is 3. The maximum absolute atomic E-state index is 13.1. The molecule has 4 nitrogen and oxygen atoms in total. The van der Waals surface area contributed by atoms with Crippen LogP contribution in [0.3, 0.4) is 0 Å². The van der Waals surface area contributed by atoms with E-state index in [-0.39, 0.29) is 6.04 Å². The Morgan fingerprint density at radius 1 is 1.08 bits per heavy atom. The van der Waals surface area contributed by atoms with Gasteiger partial charge in [-0.15, -0.1) is 0 Å². The second-order valence-electron chi connectivity index (χ2n) is 7.59. The first-order chi connectivity index (χ1) is 11.8. The summed E-state index contributed by atoms with van der Waals surface area (Å²) in [5.41, 5.74) is 1.38. The minimum absolute atomic E-state index is 0.144. The number of hydrogen-bond donors (Lipinski definition) is 0. The monoisotopic (exact) mass is 327 g/mol.